The summed E-state index contributed by atoms with van der Waals surface area (Å²) in [6.07, 6.45) is 0. The molecule has 6 heteroatoms. The Bertz CT molecular complexity index is 542. The minimum Gasteiger partial charge on any atom is -0.378 e. The van der Waals surface area contributed by atoms with Gasteiger partial charge in [0.2, 0.25) is 0 Å². The standard InChI is InChI=1S/C11H7ClF3NS/c12-11-2-1-6(17-11)5-16-10-4-8(14)7(13)3-9(10)15/h1-4,16H,5H2. The topological polar surface area (TPSA) is 12.0 Å². The minimum atomic E-state index is -1.20. The number of anilines is 1. The first kappa shape index (κ1) is 12.3. The summed E-state index contributed by atoms with van der Waals surface area (Å²) < 4.78 is 39.4. The van der Waals surface area contributed by atoms with Crippen molar-refractivity contribution in [3.05, 3.63) is 50.9 Å². The molecule has 1 N–H and O–H groups in total. The molecular formula is C11H7ClF3NS. The van der Waals surface area contributed by atoms with Crippen molar-refractivity contribution in [2.24, 2.45) is 0 Å². The van der Waals surface area contributed by atoms with E-state index in [-0.39, 0.29) is 5.69 Å². The molecule has 2 rings (SSSR count). The highest BCUT2D eigenvalue weighted by molar-refractivity contribution is 7.16. The van der Waals surface area contributed by atoms with Gasteiger partial charge in [-0.3, -0.25) is 0 Å². The van der Waals surface area contributed by atoms with E-state index in [9.17, 15) is 13.2 Å². The number of halogens is 4. The predicted molar refractivity (Wildman–Crippen MR) is 63.0 cm³/mol. The molecule has 0 aliphatic carbocycles. The molecule has 0 unspecified atom stereocenters. The maximum absolute atomic E-state index is 13.2. The van der Waals surface area contributed by atoms with Crippen LogP contribution in [0.3, 0.4) is 0 Å². The molecule has 1 aromatic carbocycles. The van der Waals surface area contributed by atoms with Crippen LogP contribution >= 0.6 is 22.9 Å². The van der Waals surface area contributed by atoms with Crippen molar-refractivity contribution in [2.45, 2.75) is 6.54 Å². The molecule has 0 amide bonds. The van der Waals surface area contributed by atoms with Crippen LogP contribution in [0.4, 0.5) is 18.9 Å². The monoisotopic (exact) mass is 277 g/mol. The van der Waals surface area contributed by atoms with E-state index in [0.717, 1.165) is 10.9 Å². The van der Waals surface area contributed by atoms with E-state index in [4.69, 9.17) is 11.6 Å². The number of hydrogen-bond donors (Lipinski definition) is 1. The largest absolute Gasteiger partial charge is 0.378 e. The zero-order valence-electron chi connectivity index (χ0n) is 8.44. The number of hydrogen-bond acceptors (Lipinski definition) is 2. The zero-order chi connectivity index (χ0) is 12.4. The van der Waals surface area contributed by atoms with Crippen molar-refractivity contribution in [3.63, 3.8) is 0 Å². The van der Waals surface area contributed by atoms with Crippen LogP contribution in [0.2, 0.25) is 4.34 Å². The third-order valence-corrected chi connectivity index (χ3v) is 3.32. The summed E-state index contributed by atoms with van der Waals surface area (Å²) >= 11 is 7.06. The van der Waals surface area contributed by atoms with E-state index >= 15 is 0 Å². The molecule has 90 valence electrons. The number of benzene rings is 1. The van der Waals surface area contributed by atoms with Crippen molar-refractivity contribution in [1.82, 2.24) is 0 Å². The minimum absolute atomic E-state index is 0.0755. The van der Waals surface area contributed by atoms with E-state index in [1.165, 1.54) is 11.3 Å². The van der Waals surface area contributed by atoms with Crippen LogP contribution < -0.4 is 5.32 Å². The summed E-state index contributed by atoms with van der Waals surface area (Å²) in [4.78, 5) is 0.874. The molecule has 0 aliphatic rings. The molecule has 1 nitrogen and oxygen atoms in total. The predicted octanol–water partition coefficient (Wildman–Crippen LogP) is 4.43. The summed E-state index contributed by atoms with van der Waals surface area (Å²) in [5.41, 5.74) is -0.0755. The summed E-state index contributed by atoms with van der Waals surface area (Å²) in [6.45, 7) is 0.305. The van der Waals surface area contributed by atoms with Crippen molar-refractivity contribution >= 4 is 28.6 Å². The molecule has 17 heavy (non-hydrogen) atoms. The second-order valence-corrected chi connectivity index (χ2v) is 5.11. The average Bonchev–Trinajstić information content (AvgIpc) is 2.68. The quantitative estimate of drug-likeness (QED) is 0.819. The van der Waals surface area contributed by atoms with Gasteiger partial charge in [0.15, 0.2) is 11.6 Å². The molecular weight excluding hydrogens is 271 g/mol. The van der Waals surface area contributed by atoms with Crippen molar-refractivity contribution in [1.29, 1.82) is 0 Å². The van der Waals surface area contributed by atoms with Crippen molar-refractivity contribution in [3.8, 4) is 0 Å². The van der Waals surface area contributed by atoms with Crippen LogP contribution in [0, 0.1) is 17.5 Å². The molecule has 0 radical (unpaired) electrons. The fourth-order valence-electron chi connectivity index (χ4n) is 1.29. The Morgan fingerprint density at radius 2 is 1.76 bits per heavy atom. The average molecular weight is 278 g/mol. The number of nitrogens with one attached hydrogen (secondary N) is 1. The molecule has 1 heterocycles. The van der Waals surface area contributed by atoms with Gasteiger partial charge < -0.3 is 5.32 Å². The smallest absolute Gasteiger partial charge is 0.161 e. The fraction of sp³-hybridized carbons (Fsp3) is 0.0909. The maximum Gasteiger partial charge on any atom is 0.161 e. The van der Waals surface area contributed by atoms with Crippen molar-refractivity contribution < 1.29 is 13.2 Å². The molecule has 0 fully saturated rings. The molecule has 0 saturated carbocycles. The van der Waals surface area contributed by atoms with Gasteiger partial charge >= 0.3 is 0 Å². The molecule has 0 spiro atoms. The third kappa shape index (κ3) is 2.92. The lowest BCUT2D eigenvalue weighted by molar-refractivity contribution is 0.496. The lowest BCUT2D eigenvalue weighted by Crippen LogP contribution is -2.01. The Balaban J connectivity index is 2.11. The summed E-state index contributed by atoms with van der Waals surface area (Å²) in [7, 11) is 0. The van der Waals surface area contributed by atoms with E-state index in [2.05, 4.69) is 5.32 Å². The molecule has 1 aromatic heterocycles. The number of thiophene rings is 1. The molecule has 0 saturated heterocycles. The zero-order valence-corrected chi connectivity index (χ0v) is 10.0. The summed E-state index contributed by atoms with van der Waals surface area (Å²) in [5, 5.41) is 2.68. The van der Waals surface area contributed by atoms with Gasteiger partial charge in [0.05, 0.1) is 10.0 Å². The first-order valence-electron chi connectivity index (χ1n) is 4.69. The van der Waals surface area contributed by atoms with Gasteiger partial charge in [-0.1, -0.05) is 11.6 Å². The van der Waals surface area contributed by atoms with Gasteiger partial charge in [-0.2, -0.15) is 0 Å². The second kappa shape index (κ2) is 4.98. The molecule has 0 bridgehead atoms. The van der Waals surface area contributed by atoms with E-state index in [1.807, 2.05) is 0 Å². The Hall–Kier alpha value is -1.20. The van der Waals surface area contributed by atoms with E-state index in [1.54, 1.807) is 12.1 Å². The molecule has 0 aliphatic heterocycles. The Morgan fingerprint density at radius 1 is 1.06 bits per heavy atom. The SMILES string of the molecule is Fc1cc(F)c(NCc2ccc(Cl)s2)cc1F. The van der Waals surface area contributed by atoms with Gasteiger partial charge in [0.25, 0.3) is 0 Å². The second-order valence-electron chi connectivity index (χ2n) is 3.31. The summed E-state index contributed by atoms with van der Waals surface area (Å²) in [5.74, 6) is -3.11. The third-order valence-electron chi connectivity index (χ3n) is 2.09. The van der Waals surface area contributed by atoms with Gasteiger partial charge in [0, 0.05) is 23.6 Å². The first-order chi connectivity index (χ1) is 8.06. The van der Waals surface area contributed by atoms with Crippen molar-refractivity contribution in [2.75, 3.05) is 5.32 Å². The maximum atomic E-state index is 13.2. The van der Waals surface area contributed by atoms with Gasteiger partial charge in [-0.05, 0) is 12.1 Å². The van der Waals surface area contributed by atoms with E-state index in [0.29, 0.717) is 16.9 Å². The van der Waals surface area contributed by atoms with Crippen LogP contribution in [0.1, 0.15) is 4.88 Å². The lowest BCUT2D eigenvalue weighted by Gasteiger charge is -2.06. The Morgan fingerprint density at radius 3 is 2.41 bits per heavy atom. The lowest BCUT2D eigenvalue weighted by atomic mass is 10.3. The Labute approximate surface area is 105 Å². The highest BCUT2D eigenvalue weighted by Crippen LogP contribution is 2.24. The van der Waals surface area contributed by atoms with Crippen LogP contribution in [-0.4, -0.2) is 0 Å². The van der Waals surface area contributed by atoms with Gasteiger partial charge in [0.1, 0.15) is 5.82 Å². The van der Waals surface area contributed by atoms with Gasteiger partial charge in [-0.15, -0.1) is 11.3 Å². The highest BCUT2D eigenvalue weighted by atomic mass is 35.5. The first-order valence-corrected chi connectivity index (χ1v) is 5.88. The van der Waals surface area contributed by atoms with Crippen LogP contribution in [0.15, 0.2) is 24.3 Å². The normalized spacial score (nSPS) is 10.6. The molecule has 0 atom stereocenters. The summed E-state index contributed by atoms with van der Waals surface area (Å²) in [6, 6.07) is 4.79. The highest BCUT2D eigenvalue weighted by Gasteiger charge is 2.09. The number of rotatable bonds is 3. The Kier molecular flexibility index (Phi) is 3.59. The van der Waals surface area contributed by atoms with Gasteiger partial charge in [-0.25, -0.2) is 13.2 Å². The van der Waals surface area contributed by atoms with E-state index < -0.39 is 17.5 Å². The van der Waals surface area contributed by atoms with Crippen LogP contribution in [0.5, 0.6) is 0 Å². The fourth-order valence-corrected chi connectivity index (χ4v) is 2.31. The molecule has 2 aromatic rings. The van der Waals surface area contributed by atoms with Crippen LogP contribution in [-0.2, 0) is 6.54 Å². The van der Waals surface area contributed by atoms with Crippen LogP contribution in [0.25, 0.3) is 0 Å².